The lowest BCUT2D eigenvalue weighted by molar-refractivity contribution is -0.122. The molecule has 3 aromatic rings. The van der Waals surface area contributed by atoms with Crippen molar-refractivity contribution in [3.8, 4) is 0 Å². The van der Waals surface area contributed by atoms with E-state index in [1.807, 2.05) is 30.3 Å². The van der Waals surface area contributed by atoms with Gasteiger partial charge in [-0.15, -0.1) is 0 Å². The Bertz CT molecular complexity index is 1030. The molecule has 0 aliphatic carbocycles. The van der Waals surface area contributed by atoms with Gasteiger partial charge in [-0.1, -0.05) is 42.5 Å². The summed E-state index contributed by atoms with van der Waals surface area (Å²) in [4.78, 5) is 30.8. The first-order valence-corrected chi connectivity index (χ1v) is 9.35. The minimum atomic E-state index is -0.431. The number of nitrogens with one attached hydrogen (secondary N) is 1. The Morgan fingerprint density at radius 2 is 1.90 bits per heavy atom. The van der Waals surface area contributed by atoms with E-state index in [4.69, 9.17) is 4.42 Å². The minimum Gasteiger partial charge on any atom is -0.435 e. The molecule has 6 nitrogen and oxygen atoms in total. The summed E-state index contributed by atoms with van der Waals surface area (Å²) in [6.07, 6.45) is 0.800. The van der Waals surface area contributed by atoms with Crippen LogP contribution in [0, 0.1) is 11.7 Å². The number of benzene rings is 2. The number of hydrogen-bond acceptors (Lipinski definition) is 4. The average Bonchev–Trinajstić information content (AvgIpc) is 3.17. The van der Waals surface area contributed by atoms with Crippen LogP contribution >= 0.6 is 0 Å². The molecule has 4 rings (SSSR count). The van der Waals surface area contributed by atoms with Gasteiger partial charge in [-0.25, -0.2) is 4.39 Å². The zero-order valence-electron chi connectivity index (χ0n) is 15.9. The molecular formula is C22H20FN3O3. The molecule has 1 aromatic heterocycles. The van der Waals surface area contributed by atoms with Crippen LogP contribution in [0.15, 0.2) is 59.0 Å². The summed E-state index contributed by atoms with van der Waals surface area (Å²) in [5, 5.41) is 2.77. The number of anilines is 1. The summed E-state index contributed by atoms with van der Waals surface area (Å²) in [5.41, 5.74) is 1.82. The number of oxazole rings is 1. The standard InChI is InChI=1S/C22H20FN3O3/c1-26-19-18(12-16(22(26)28)11-14-7-9-17(23)10-8-14)29-21(25-19)20(27)24-13-15-5-3-2-4-6-15/h2-10,16H,11-13H2,1H3,(H,24,27). The quantitative estimate of drug-likeness (QED) is 0.723. The Hall–Kier alpha value is -3.48. The van der Waals surface area contributed by atoms with Crippen LogP contribution in [0.1, 0.15) is 27.6 Å². The van der Waals surface area contributed by atoms with Gasteiger partial charge in [0.1, 0.15) is 5.82 Å². The van der Waals surface area contributed by atoms with E-state index in [1.165, 1.54) is 17.0 Å². The number of carbonyl (C=O) groups excluding carboxylic acids is 2. The number of rotatable bonds is 5. The molecule has 1 unspecified atom stereocenters. The number of halogens is 1. The molecule has 7 heteroatoms. The van der Waals surface area contributed by atoms with Crippen molar-refractivity contribution in [2.45, 2.75) is 19.4 Å². The Morgan fingerprint density at radius 1 is 1.17 bits per heavy atom. The van der Waals surface area contributed by atoms with Gasteiger partial charge in [0.2, 0.25) is 5.91 Å². The minimum absolute atomic E-state index is 0.0620. The first-order chi connectivity index (χ1) is 14.0. The summed E-state index contributed by atoms with van der Waals surface area (Å²) in [6, 6.07) is 15.6. The third-order valence-corrected chi connectivity index (χ3v) is 4.99. The maximum absolute atomic E-state index is 13.1. The molecule has 0 fully saturated rings. The van der Waals surface area contributed by atoms with Crippen molar-refractivity contribution >= 4 is 17.6 Å². The van der Waals surface area contributed by atoms with Gasteiger partial charge in [0.05, 0.1) is 0 Å². The highest BCUT2D eigenvalue weighted by atomic mass is 19.1. The SMILES string of the molecule is CN1C(=O)C(Cc2ccc(F)cc2)Cc2oc(C(=O)NCc3ccccc3)nc21. The molecule has 1 aliphatic rings. The summed E-state index contributed by atoms with van der Waals surface area (Å²) in [5.74, 6) is -0.395. The molecule has 148 valence electrons. The van der Waals surface area contributed by atoms with E-state index in [0.29, 0.717) is 31.0 Å². The van der Waals surface area contributed by atoms with Gasteiger partial charge < -0.3 is 9.73 Å². The molecule has 0 spiro atoms. The van der Waals surface area contributed by atoms with Crippen molar-refractivity contribution < 1.29 is 18.4 Å². The van der Waals surface area contributed by atoms with E-state index in [-0.39, 0.29) is 23.5 Å². The van der Waals surface area contributed by atoms with Crippen LogP contribution in [0.3, 0.4) is 0 Å². The molecule has 29 heavy (non-hydrogen) atoms. The molecular weight excluding hydrogens is 373 g/mol. The highest BCUT2D eigenvalue weighted by Gasteiger charge is 2.35. The number of nitrogens with zero attached hydrogens (tertiary/aromatic N) is 2. The van der Waals surface area contributed by atoms with Gasteiger partial charge in [0.15, 0.2) is 11.6 Å². The van der Waals surface area contributed by atoms with Gasteiger partial charge in [-0.3, -0.25) is 14.5 Å². The highest BCUT2D eigenvalue weighted by Crippen LogP contribution is 2.31. The van der Waals surface area contributed by atoms with Crippen LogP contribution in [-0.2, 0) is 24.2 Å². The van der Waals surface area contributed by atoms with E-state index in [0.717, 1.165) is 11.1 Å². The fourth-order valence-corrected chi connectivity index (χ4v) is 3.44. The predicted molar refractivity (Wildman–Crippen MR) is 105 cm³/mol. The summed E-state index contributed by atoms with van der Waals surface area (Å²) < 4.78 is 18.8. The number of aromatic nitrogens is 1. The van der Waals surface area contributed by atoms with E-state index in [2.05, 4.69) is 10.3 Å². The molecule has 0 bridgehead atoms. The van der Waals surface area contributed by atoms with Crippen LogP contribution in [0.25, 0.3) is 0 Å². The monoisotopic (exact) mass is 393 g/mol. The first kappa shape index (κ1) is 18.9. The molecule has 2 amide bonds. The maximum Gasteiger partial charge on any atom is 0.307 e. The lowest BCUT2D eigenvalue weighted by Crippen LogP contribution is -2.39. The van der Waals surface area contributed by atoms with Crippen molar-refractivity contribution in [1.29, 1.82) is 0 Å². The second-order valence-corrected chi connectivity index (χ2v) is 7.06. The van der Waals surface area contributed by atoms with Crippen molar-refractivity contribution in [1.82, 2.24) is 10.3 Å². The summed E-state index contributed by atoms with van der Waals surface area (Å²) in [6.45, 7) is 0.356. The van der Waals surface area contributed by atoms with Crippen molar-refractivity contribution in [3.05, 3.63) is 83.2 Å². The largest absolute Gasteiger partial charge is 0.435 e. The Kier molecular flexibility index (Phi) is 5.12. The smallest absolute Gasteiger partial charge is 0.307 e. The molecule has 1 N–H and O–H groups in total. The average molecular weight is 393 g/mol. The molecule has 0 saturated carbocycles. The third-order valence-electron chi connectivity index (χ3n) is 4.99. The summed E-state index contributed by atoms with van der Waals surface area (Å²) in [7, 11) is 1.62. The lowest BCUT2D eigenvalue weighted by atomic mass is 9.91. The van der Waals surface area contributed by atoms with E-state index in [9.17, 15) is 14.0 Å². The fraction of sp³-hybridized carbons (Fsp3) is 0.227. The molecule has 1 aliphatic heterocycles. The van der Waals surface area contributed by atoms with E-state index in [1.54, 1.807) is 19.2 Å². The normalized spacial score (nSPS) is 15.9. The second-order valence-electron chi connectivity index (χ2n) is 7.06. The zero-order valence-corrected chi connectivity index (χ0v) is 15.9. The van der Waals surface area contributed by atoms with Gasteiger partial charge >= 0.3 is 5.91 Å². The van der Waals surface area contributed by atoms with Gasteiger partial charge in [0.25, 0.3) is 5.89 Å². The van der Waals surface area contributed by atoms with E-state index < -0.39 is 5.91 Å². The fourth-order valence-electron chi connectivity index (χ4n) is 3.44. The second kappa shape index (κ2) is 7.87. The third kappa shape index (κ3) is 4.03. The number of hydrogen-bond donors (Lipinski definition) is 1. The van der Waals surface area contributed by atoms with Crippen LogP contribution in [0.2, 0.25) is 0 Å². The number of amides is 2. The first-order valence-electron chi connectivity index (χ1n) is 9.35. The molecule has 1 atom stereocenters. The van der Waals surface area contributed by atoms with Crippen LogP contribution < -0.4 is 10.2 Å². The van der Waals surface area contributed by atoms with Crippen molar-refractivity contribution in [3.63, 3.8) is 0 Å². The van der Waals surface area contributed by atoms with Crippen LogP contribution in [0.5, 0.6) is 0 Å². The highest BCUT2D eigenvalue weighted by molar-refractivity contribution is 5.97. The van der Waals surface area contributed by atoms with Gasteiger partial charge in [0, 0.05) is 25.9 Å². The predicted octanol–water partition coefficient (Wildman–Crippen LogP) is 3.12. The number of fused-ring (bicyclic) bond motifs is 1. The van der Waals surface area contributed by atoms with Crippen molar-refractivity contribution in [2.24, 2.45) is 5.92 Å². The topological polar surface area (TPSA) is 75.4 Å². The van der Waals surface area contributed by atoms with E-state index >= 15 is 0 Å². The molecule has 0 saturated heterocycles. The zero-order chi connectivity index (χ0) is 20.4. The van der Waals surface area contributed by atoms with Crippen LogP contribution in [0.4, 0.5) is 10.2 Å². The number of carbonyl (C=O) groups is 2. The Morgan fingerprint density at radius 3 is 2.62 bits per heavy atom. The lowest BCUT2D eigenvalue weighted by Gasteiger charge is -2.27. The molecule has 2 aromatic carbocycles. The molecule has 2 heterocycles. The maximum atomic E-state index is 13.1. The molecule has 0 radical (unpaired) electrons. The van der Waals surface area contributed by atoms with Crippen LogP contribution in [-0.4, -0.2) is 23.8 Å². The Balaban J connectivity index is 1.47. The summed E-state index contributed by atoms with van der Waals surface area (Å²) >= 11 is 0. The Labute approximate surface area is 167 Å². The van der Waals surface area contributed by atoms with Crippen molar-refractivity contribution in [2.75, 3.05) is 11.9 Å². The van der Waals surface area contributed by atoms with Gasteiger partial charge in [-0.2, -0.15) is 4.98 Å². The van der Waals surface area contributed by atoms with Gasteiger partial charge in [-0.05, 0) is 29.7 Å².